The maximum atomic E-state index is 12.8. The second-order valence-corrected chi connectivity index (χ2v) is 19.2. The Hall–Kier alpha value is -1.14. The van der Waals surface area contributed by atoms with Gasteiger partial charge in [0, 0.05) is 23.2 Å². The Bertz CT molecular complexity index is 1490. The number of hydrogen-bond acceptors (Lipinski definition) is 9. The zero-order chi connectivity index (χ0) is 34.8. The van der Waals surface area contributed by atoms with Gasteiger partial charge in [0.25, 0.3) is 0 Å². The summed E-state index contributed by atoms with van der Waals surface area (Å²) < 4.78 is 19.9. The molecule has 0 aromatic carbocycles. The smallest absolute Gasteiger partial charge is 0.206 e. The monoisotopic (exact) mass is 682 g/mol. The lowest BCUT2D eigenvalue weighted by Gasteiger charge is -2.77. The van der Waals surface area contributed by atoms with Crippen LogP contribution in [-0.2, 0) is 14.2 Å². The molecule has 9 fully saturated rings. The Morgan fingerprint density at radius 1 is 0.857 bits per heavy atom. The first-order valence-electron chi connectivity index (χ1n) is 19.1. The number of aliphatic hydroxyl groups is 6. The number of aliphatic hydroxyl groups excluding tert-OH is 5. The lowest BCUT2D eigenvalue weighted by Crippen LogP contribution is -2.88. The van der Waals surface area contributed by atoms with E-state index in [1.165, 1.54) is 11.1 Å². The highest BCUT2D eigenvalue weighted by molar-refractivity contribution is 5.39. The van der Waals surface area contributed by atoms with E-state index in [0.717, 1.165) is 25.7 Å². The molecule has 3 heterocycles. The molecule has 0 amide bonds. The van der Waals surface area contributed by atoms with Crippen molar-refractivity contribution in [2.45, 2.75) is 134 Å². The molecule has 6 saturated carbocycles. The van der Waals surface area contributed by atoms with Crippen molar-refractivity contribution in [3.63, 3.8) is 0 Å². The maximum Gasteiger partial charge on any atom is 0.206 e. The second-order valence-electron chi connectivity index (χ2n) is 19.2. The van der Waals surface area contributed by atoms with Gasteiger partial charge in [-0.3, -0.25) is 0 Å². The minimum absolute atomic E-state index is 0.0749. The zero-order valence-corrected chi connectivity index (χ0v) is 29.7. The van der Waals surface area contributed by atoms with E-state index in [1.807, 2.05) is 0 Å². The summed E-state index contributed by atoms with van der Waals surface area (Å²) in [5, 5.41) is 72.9. The van der Waals surface area contributed by atoms with Crippen LogP contribution in [0, 0.1) is 62.6 Å². The first-order chi connectivity index (χ1) is 23.0. The largest absolute Gasteiger partial charge is 0.392 e. The summed E-state index contributed by atoms with van der Waals surface area (Å²) in [7, 11) is 0. The molecule has 0 aromatic heterocycles. The Morgan fingerprint density at radius 3 is 2.33 bits per heavy atom. The Kier molecular flexibility index (Phi) is 7.07. The van der Waals surface area contributed by atoms with Crippen LogP contribution in [0.15, 0.2) is 36.0 Å². The first kappa shape index (κ1) is 33.7. The number of hydrogen-bond donors (Lipinski definition) is 6. The Morgan fingerprint density at radius 2 is 1.57 bits per heavy atom. The molecule has 49 heavy (non-hydrogen) atoms. The lowest BCUT2D eigenvalue weighted by molar-refractivity contribution is -0.528. The van der Waals surface area contributed by atoms with Gasteiger partial charge in [-0.25, -0.2) is 0 Å². The van der Waals surface area contributed by atoms with Gasteiger partial charge in [-0.1, -0.05) is 46.9 Å². The molecule has 3 saturated heterocycles. The number of allylic oxidation sites excluding steroid dienone is 1. The molecule has 18 atom stereocenters. The summed E-state index contributed by atoms with van der Waals surface area (Å²) in [5.74, 6) is -3.16. The minimum Gasteiger partial charge on any atom is -0.392 e. The van der Waals surface area contributed by atoms with Gasteiger partial charge in [-0.05, 0) is 103 Å². The number of rotatable bonds is 3. The molecule has 6 N–H and O–H groups in total. The molecule has 3 aliphatic heterocycles. The molecule has 7 aliphatic carbocycles. The van der Waals surface area contributed by atoms with Crippen LogP contribution in [0.5, 0.6) is 0 Å². The van der Waals surface area contributed by atoms with Gasteiger partial charge in [-0.15, -0.1) is 0 Å². The molecular formula is C40H58O9. The van der Waals surface area contributed by atoms with Crippen molar-refractivity contribution in [3.05, 3.63) is 36.0 Å². The van der Waals surface area contributed by atoms with Crippen molar-refractivity contribution in [1.82, 2.24) is 0 Å². The SMILES string of the molecule is C=C1CO[C@H]2C3=CC[C@@H]4[C@@](C)(COC5O[C@@]6(O)[C@@H](O)[C@@H]7C(C)(C)CC[C@H](O)[C@]57C5CCC7C(=C)[C@@H](O)C56[C@@H]7O)[C@H](O)CC[C@@]4(C)[C@@H]3CCC12. The third-order valence-electron chi connectivity index (χ3n) is 17.2. The summed E-state index contributed by atoms with van der Waals surface area (Å²) in [6.45, 7) is 17.8. The van der Waals surface area contributed by atoms with Crippen molar-refractivity contribution in [2.75, 3.05) is 13.2 Å². The van der Waals surface area contributed by atoms with Crippen molar-refractivity contribution in [3.8, 4) is 0 Å². The topological polar surface area (TPSA) is 149 Å². The number of fused-ring (bicyclic) bond motifs is 7. The second kappa shape index (κ2) is 10.3. The summed E-state index contributed by atoms with van der Waals surface area (Å²) in [4.78, 5) is 0. The van der Waals surface area contributed by atoms with Crippen LogP contribution in [0.2, 0.25) is 0 Å². The van der Waals surface area contributed by atoms with Crippen LogP contribution in [0.3, 0.4) is 0 Å². The highest BCUT2D eigenvalue weighted by Gasteiger charge is 2.89. The minimum atomic E-state index is -2.34. The molecule has 2 spiro atoms. The third kappa shape index (κ3) is 3.64. The zero-order valence-electron chi connectivity index (χ0n) is 29.7. The predicted molar refractivity (Wildman–Crippen MR) is 179 cm³/mol. The van der Waals surface area contributed by atoms with E-state index >= 15 is 0 Å². The fourth-order valence-corrected chi connectivity index (χ4v) is 15.0. The molecular weight excluding hydrogens is 624 g/mol. The van der Waals surface area contributed by atoms with Crippen molar-refractivity contribution < 1.29 is 44.8 Å². The molecule has 4 bridgehead atoms. The van der Waals surface area contributed by atoms with E-state index in [0.29, 0.717) is 56.1 Å². The summed E-state index contributed by atoms with van der Waals surface area (Å²) in [6, 6.07) is 0. The van der Waals surface area contributed by atoms with Crippen molar-refractivity contribution >= 4 is 0 Å². The van der Waals surface area contributed by atoms with E-state index in [-0.39, 0.29) is 24.0 Å². The van der Waals surface area contributed by atoms with Crippen LogP contribution in [0.1, 0.15) is 85.5 Å². The Balaban J connectivity index is 1.10. The fourth-order valence-electron chi connectivity index (χ4n) is 15.0. The summed E-state index contributed by atoms with van der Waals surface area (Å²) >= 11 is 0. The highest BCUT2D eigenvalue weighted by atomic mass is 16.8. The molecule has 0 radical (unpaired) electrons. The molecule has 9 nitrogen and oxygen atoms in total. The van der Waals surface area contributed by atoms with Gasteiger partial charge in [-0.2, -0.15) is 0 Å². The molecule has 9 heteroatoms. The van der Waals surface area contributed by atoms with Crippen molar-refractivity contribution in [1.29, 1.82) is 0 Å². The van der Waals surface area contributed by atoms with Gasteiger partial charge in [0.05, 0.1) is 54.6 Å². The molecule has 10 rings (SSSR count). The van der Waals surface area contributed by atoms with Crippen LogP contribution >= 0.6 is 0 Å². The summed E-state index contributed by atoms with van der Waals surface area (Å²) in [5.41, 5.74) is -1.06. The van der Waals surface area contributed by atoms with E-state index in [9.17, 15) is 30.6 Å². The lowest BCUT2D eigenvalue weighted by atomic mass is 9.35. The normalized spacial score (nSPS) is 59.8. The number of ether oxygens (including phenoxy) is 3. The predicted octanol–water partition coefficient (Wildman–Crippen LogP) is 3.60. The van der Waals surface area contributed by atoms with E-state index in [2.05, 4.69) is 46.9 Å². The maximum absolute atomic E-state index is 12.8. The molecule has 5 unspecified atom stereocenters. The van der Waals surface area contributed by atoms with Gasteiger partial charge in [0.2, 0.25) is 5.79 Å². The van der Waals surface area contributed by atoms with Crippen LogP contribution in [0.4, 0.5) is 0 Å². The van der Waals surface area contributed by atoms with E-state index < -0.39 is 82.0 Å². The van der Waals surface area contributed by atoms with Crippen LogP contribution in [-0.4, -0.2) is 92.6 Å². The van der Waals surface area contributed by atoms with Crippen LogP contribution < -0.4 is 0 Å². The van der Waals surface area contributed by atoms with Gasteiger partial charge >= 0.3 is 0 Å². The van der Waals surface area contributed by atoms with Crippen molar-refractivity contribution in [2.24, 2.45) is 62.6 Å². The van der Waals surface area contributed by atoms with Gasteiger partial charge < -0.3 is 44.8 Å². The fraction of sp³-hybridized carbons (Fsp3) is 0.850. The average molecular weight is 683 g/mol. The summed E-state index contributed by atoms with van der Waals surface area (Å²) in [6.07, 6.45) is 2.39. The first-order valence-corrected chi connectivity index (χ1v) is 19.1. The molecule has 0 aromatic rings. The average Bonchev–Trinajstić information content (AvgIpc) is 3.48. The van der Waals surface area contributed by atoms with Crippen LogP contribution in [0.25, 0.3) is 0 Å². The highest BCUT2D eigenvalue weighted by Crippen LogP contribution is 2.79. The molecule has 10 aliphatic rings. The molecule has 272 valence electrons. The standard InChI is InChI=1S/C40H58O9/c1-19-17-47-29-21(19)7-10-24-23(29)9-11-25-36(24,5)16-14-27(41)37(25,6)18-48-34-38-26-12-8-22-20(2)31(43)39(26,32(22)44)40(46,49-34)33(45)30(38)35(3,4)15-13-28(38)42/h9,21-22,24-34,41-46H,1-2,7-8,10-18H2,3-6H3/t21?,22?,24-,25+,26?,27-,28+,29-,30-,31-,32-,33+,34?,36+,37-,38+,39?,40+/m1/s1. The quantitative estimate of drug-likeness (QED) is 0.246. The third-order valence-corrected chi connectivity index (χ3v) is 17.2. The Labute approximate surface area is 290 Å². The van der Waals surface area contributed by atoms with E-state index in [1.54, 1.807) is 0 Å². The van der Waals surface area contributed by atoms with E-state index in [4.69, 9.17) is 14.2 Å². The van der Waals surface area contributed by atoms with Gasteiger partial charge in [0.1, 0.15) is 6.10 Å². The van der Waals surface area contributed by atoms with Gasteiger partial charge in [0.15, 0.2) is 6.29 Å².